The molecule has 1 aliphatic rings. The summed E-state index contributed by atoms with van der Waals surface area (Å²) in [6.07, 6.45) is 3.79. The molecule has 1 saturated heterocycles. The lowest BCUT2D eigenvalue weighted by molar-refractivity contribution is -0.132. The highest BCUT2D eigenvalue weighted by molar-refractivity contribution is 5.88. The number of nitrogens with zero attached hydrogens (tertiary/aromatic N) is 1. The number of piperidine rings is 1. The zero-order valence-electron chi connectivity index (χ0n) is 14.5. The molecule has 2 amide bonds. The molecule has 0 unspecified atom stereocenters. The monoisotopic (exact) mass is 316 g/mol. The molecule has 0 saturated carbocycles. The number of benzene rings is 1. The van der Waals surface area contributed by atoms with Gasteiger partial charge in [0.15, 0.2) is 0 Å². The molecule has 1 aliphatic heterocycles. The van der Waals surface area contributed by atoms with Crippen molar-refractivity contribution < 1.29 is 9.59 Å². The molecular weight excluding hydrogens is 288 g/mol. The van der Waals surface area contributed by atoms with Gasteiger partial charge in [-0.15, -0.1) is 0 Å². The molecule has 0 radical (unpaired) electrons. The first-order chi connectivity index (χ1) is 10.9. The lowest BCUT2D eigenvalue weighted by Crippen LogP contribution is -2.43. The Morgan fingerprint density at radius 1 is 1.13 bits per heavy atom. The van der Waals surface area contributed by atoms with Gasteiger partial charge in [0.2, 0.25) is 11.8 Å². The van der Waals surface area contributed by atoms with Gasteiger partial charge in [0.1, 0.15) is 0 Å². The Labute approximate surface area is 139 Å². The van der Waals surface area contributed by atoms with Crippen LogP contribution in [0.25, 0.3) is 0 Å². The van der Waals surface area contributed by atoms with Gasteiger partial charge in [-0.3, -0.25) is 9.59 Å². The van der Waals surface area contributed by atoms with Crippen LogP contribution in [0.15, 0.2) is 24.3 Å². The lowest BCUT2D eigenvalue weighted by atomic mass is 9.81. The minimum Gasteiger partial charge on any atom is -0.355 e. The number of aryl methyl sites for hydroxylation is 1. The van der Waals surface area contributed by atoms with Crippen molar-refractivity contribution in [3.05, 3.63) is 35.4 Å². The van der Waals surface area contributed by atoms with Crippen molar-refractivity contribution in [3.8, 4) is 0 Å². The third kappa shape index (κ3) is 4.34. The molecule has 23 heavy (non-hydrogen) atoms. The largest absolute Gasteiger partial charge is 0.355 e. The second-order valence-corrected chi connectivity index (χ2v) is 6.89. The maximum atomic E-state index is 12.5. The smallest absolute Gasteiger partial charge is 0.230 e. The van der Waals surface area contributed by atoms with Crippen molar-refractivity contribution in [3.63, 3.8) is 0 Å². The number of carbonyl (C=O) groups is 2. The molecule has 0 aliphatic carbocycles. The summed E-state index contributed by atoms with van der Waals surface area (Å²) < 4.78 is 0. The Hall–Kier alpha value is -1.84. The van der Waals surface area contributed by atoms with Crippen molar-refractivity contribution in [2.75, 3.05) is 19.6 Å². The van der Waals surface area contributed by atoms with Gasteiger partial charge < -0.3 is 10.2 Å². The van der Waals surface area contributed by atoms with Gasteiger partial charge >= 0.3 is 0 Å². The molecule has 2 rings (SSSR count). The van der Waals surface area contributed by atoms with Gasteiger partial charge in [0, 0.05) is 26.1 Å². The van der Waals surface area contributed by atoms with Gasteiger partial charge in [-0.2, -0.15) is 0 Å². The maximum absolute atomic E-state index is 12.5. The van der Waals surface area contributed by atoms with Gasteiger partial charge in [-0.25, -0.2) is 0 Å². The van der Waals surface area contributed by atoms with E-state index in [1.807, 2.05) is 49.9 Å². The maximum Gasteiger partial charge on any atom is 0.230 e. The summed E-state index contributed by atoms with van der Waals surface area (Å²) in [7, 11) is 0. The molecule has 0 bridgehead atoms. The molecule has 0 atom stereocenters. The van der Waals surface area contributed by atoms with Gasteiger partial charge in [0.25, 0.3) is 0 Å². The molecule has 4 nitrogen and oxygen atoms in total. The third-order valence-electron chi connectivity index (χ3n) is 4.72. The predicted molar refractivity (Wildman–Crippen MR) is 92.3 cm³/mol. The highest BCUT2D eigenvalue weighted by atomic mass is 16.2. The number of nitrogens with one attached hydrogen (secondary N) is 1. The SMILES string of the molecule is Cc1ccccc1C(C)(C)C(=O)NCCC(=O)N1CCCCC1. The number of hydrogen-bond acceptors (Lipinski definition) is 2. The van der Waals surface area contributed by atoms with Gasteiger partial charge in [-0.1, -0.05) is 24.3 Å². The minimum absolute atomic E-state index is 0.0294. The number of rotatable bonds is 5. The number of likely N-dealkylation sites (tertiary alicyclic amines) is 1. The molecule has 0 spiro atoms. The highest BCUT2D eigenvalue weighted by Gasteiger charge is 2.30. The Bertz CT molecular complexity index is 560. The second kappa shape index (κ2) is 7.62. The first-order valence-electron chi connectivity index (χ1n) is 8.55. The normalized spacial score (nSPS) is 15.3. The van der Waals surface area contributed by atoms with Crippen LogP contribution < -0.4 is 5.32 Å². The van der Waals surface area contributed by atoms with Crippen molar-refractivity contribution in [2.45, 2.75) is 51.9 Å². The standard InChI is InChI=1S/C19H28N2O2/c1-15-9-5-6-10-16(15)19(2,3)18(23)20-12-11-17(22)21-13-7-4-8-14-21/h5-6,9-10H,4,7-8,11-14H2,1-3H3,(H,20,23). The summed E-state index contributed by atoms with van der Waals surface area (Å²) >= 11 is 0. The van der Waals surface area contributed by atoms with E-state index in [2.05, 4.69) is 5.32 Å². The Morgan fingerprint density at radius 2 is 1.78 bits per heavy atom. The molecule has 1 aromatic carbocycles. The van der Waals surface area contributed by atoms with E-state index < -0.39 is 5.41 Å². The van der Waals surface area contributed by atoms with Gasteiger partial charge in [0.05, 0.1) is 5.41 Å². The van der Waals surface area contributed by atoms with E-state index in [4.69, 9.17) is 0 Å². The van der Waals surface area contributed by atoms with Crippen LogP contribution in [0.2, 0.25) is 0 Å². The summed E-state index contributed by atoms with van der Waals surface area (Å²) in [4.78, 5) is 26.6. The van der Waals surface area contributed by atoms with Crippen LogP contribution in [-0.2, 0) is 15.0 Å². The molecule has 126 valence electrons. The number of carbonyl (C=O) groups excluding carboxylic acids is 2. The van der Waals surface area contributed by atoms with Crippen LogP contribution in [0.4, 0.5) is 0 Å². The van der Waals surface area contributed by atoms with Crippen LogP contribution in [0.5, 0.6) is 0 Å². The number of hydrogen-bond donors (Lipinski definition) is 1. The fourth-order valence-electron chi connectivity index (χ4n) is 3.20. The summed E-state index contributed by atoms with van der Waals surface area (Å²) in [6, 6.07) is 7.94. The molecule has 1 heterocycles. The molecule has 1 fully saturated rings. The second-order valence-electron chi connectivity index (χ2n) is 6.89. The first kappa shape index (κ1) is 17.5. The molecule has 1 aromatic rings. The van der Waals surface area contributed by atoms with E-state index in [0.29, 0.717) is 13.0 Å². The lowest BCUT2D eigenvalue weighted by Gasteiger charge is -2.28. The quantitative estimate of drug-likeness (QED) is 0.908. The van der Waals surface area contributed by atoms with Crippen LogP contribution >= 0.6 is 0 Å². The van der Waals surface area contributed by atoms with Crippen molar-refractivity contribution in [2.24, 2.45) is 0 Å². The predicted octanol–water partition coefficient (Wildman–Crippen LogP) is 2.79. The van der Waals surface area contributed by atoms with Crippen LogP contribution in [0.3, 0.4) is 0 Å². The van der Waals surface area contributed by atoms with E-state index in [9.17, 15) is 9.59 Å². The molecule has 0 aromatic heterocycles. The zero-order valence-corrected chi connectivity index (χ0v) is 14.5. The topological polar surface area (TPSA) is 49.4 Å². The zero-order chi connectivity index (χ0) is 16.9. The fraction of sp³-hybridized carbons (Fsp3) is 0.579. The average Bonchev–Trinajstić information content (AvgIpc) is 2.55. The van der Waals surface area contributed by atoms with Crippen molar-refractivity contribution in [1.82, 2.24) is 10.2 Å². The van der Waals surface area contributed by atoms with Crippen LogP contribution in [0.1, 0.15) is 50.7 Å². The van der Waals surface area contributed by atoms with E-state index in [0.717, 1.165) is 37.1 Å². The van der Waals surface area contributed by atoms with Crippen molar-refractivity contribution in [1.29, 1.82) is 0 Å². The summed E-state index contributed by atoms with van der Waals surface area (Å²) in [6.45, 7) is 8.00. The van der Waals surface area contributed by atoms with E-state index in [-0.39, 0.29) is 11.8 Å². The molecule has 4 heteroatoms. The van der Waals surface area contributed by atoms with Gasteiger partial charge in [-0.05, 0) is 51.2 Å². The van der Waals surface area contributed by atoms with E-state index in [1.54, 1.807) is 0 Å². The summed E-state index contributed by atoms with van der Waals surface area (Å²) in [5.74, 6) is 0.122. The minimum atomic E-state index is -0.598. The number of amides is 2. The van der Waals surface area contributed by atoms with Crippen molar-refractivity contribution >= 4 is 11.8 Å². The Morgan fingerprint density at radius 3 is 2.43 bits per heavy atom. The average molecular weight is 316 g/mol. The molecular formula is C19H28N2O2. The van der Waals surface area contributed by atoms with E-state index in [1.165, 1.54) is 6.42 Å². The van der Waals surface area contributed by atoms with Crippen LogP contribution in [-0.4, -0.2) is 36.3 Å². The van der Waals surface area contributed by atoms with E-state index >= 15 is 0 Å². The third-order valence-corrected chi connectivity index (χ3v) is 4.72. The summed E-state index contributed by atoms with van der Waals surface area (Å²) in [5, 5.41) is 2.93. The fourth-order valence-corrected chi connectivity index (χ4v) is 3.20. The summed E-state index contributed by atoms with van der Waals surface area (Å²) in [5.41, 5.74) is 1.54. The highest BCUT2D eigenvalue weighted by Crippen LogP contribution is 2.26. The molecule has 1 N–H and O–H groups in total. The Kier molecular flexibility index (Phi) is 5.80. The first-order valence-corrected chi connectivity index (χ1v) is 8.55. The van der Waals surface area contributed by atoms with Crippen LogP contribution in [0, 0.1) is 6.92 Å². The Balaban J connectivity index is 1.86.